The first-order valence-electron chi connectivity index (χ1n) is 10.2. The van der Waals surface area contributed by atoms with Gasteiger partial charge < -0.3 is 21.1 Å². The number of aryl methyl sites for hydroxylation is 1. The number of hydrogen-bond donors (Lipinski definition) is 4. The number of carboxylic acids is 1. The van der Waals surface area contributed by atoms with E-state index in [1.54, 1.807) is 0 Å². The highest BCUT2D eigenvalue weighted by atomic mass is 31.2. The van der Waals surface area contributed by atoms with Gasteiger partial charge in [0.25, 0.3) is 0 Å². The molecule has 8 nitrogen and oxygen atoms in total. The van der Waals surface area contributed by atoms with Crippen molar-refractivity contribution in [3.8, 4) is 0 Å². The van der Waals surface area contributed by atoms with Crippen molar-refractivity contribution in [3.63, 3.8) is 0 Å². The zero-order valence-electron chi connectivity index (χ0n) is 18.0. The van der Waals surface area contributed by atoms with Gasteiger partial charge in [0, 0.05) is 6.42 Å². The molecular weight excluding hydrogens is 407 g/mol. The molecule has 0 heterocycles. The van der Waals surface area contributed by atoms with Crippen molar-refractivity contribution < 1.29 is 28.7 Å². The molecule has 5 N–H and O–H groups in total. The van der Waals surface area contributed by atoms with Gasteiger partial charge in [0.1, 0.15) is 5.78 Å². The van der Waals surface area contributed by atoms with Crippen LogP contribution in [0.15, 0.2) is 30.3 Å². The highest BCUT2D eigenvalue weighted by molar-refractivity contribution is 7.53. The van der Waals surface area contributed by atoms with E-state index in [4.69, 9.17) is 10.3 Å². The molecule has 0 bridgehead atoms. The third kappa shape index (κ3) is 10.3. The Balaban J connectivity index is 2.85. The maximum atomic E-state index is 13.0. The summed E-state index contributed by atoms with van der Waals surface area (Å²) in [7, 11) is -4.45. The van der Waals surface area contributed by atoms with Crippen molar-refractivity contribution in [1.29, 1.82) is 0 Å². The molecule has 1 aromatic rings. The molecule has 0 aliphatic rings. The fraction of sp³-hybridized carbons (Fsp3) is 0.619. The van der Waals surface area contributed by atoms with Gasteiger partial charge in [0.05, 0.1) is 0 Å². The molecule has 170 valence electrons. The summed E-state index contributed by atoms with van der Waals surface area (Å²) in [5, 5.41) is 12.0. The van der Waals surface area contributed by atoms with Crippen molar-refractivity contribution >= 4 is 19.5 Å². The minimum atomic E-state index is -4.45. The Kier molecular flexibility index (Phi) is 10.7. The Morgan fingerprint density at radius 3 is 2.37 bits per heavy atom. The summed E-state index contributed by atoms with van der Waals surface area (Å²) < 4.78 is 18.2. The molecule has 0 radical (unpaired) electrons. The maximum Gasteiger partial charge on any atom is 0.351 e. The summed E-state index contributed by atoms with van der Waals surface area (Å²) in [6.45, 7) is 6.00. The van der Waals surface area contributed by atoms with Crippen LogP contribution in [0.2, 0.25) is 0 Å². The molecule has 1 amide bonds. The van der Waals surface area contributed by atoms with E-state index in [0.717, 1.165) is 5.56 Å². The van der Waals surface area contributed by atoms with Crippen LogP contribution in [0.25, 0.3) is 0 Å². The second-order valence-corrected chi connectivity index (χ2v) is 10.6. The predicted octanol–water partition coefficient (Wildman–Crippen LogP) is 3.28. The zero-order valence-corrected chi connectivity index (χ0v) is 18.9. The summed E-state index contributed by atoms with van der Waals surface area (Å²) >= 11 is 0. The van der Waals surface area contributed by atoms with Gasteiger partial charge in [-0.15, -0.1) is 0 Å². The monoisotopic (exact) mass is 442 g/mol. The summed E-state index contributed by atoms with van der Waals surface area (Å²) in [6.07, 6.45) is 0.474. The lowest BCUT2D eigenvalue weighted by Gasteiger charge is -2.31. The van der Waals surface area contributed by atoms with Gasteiger partial charge in [-0.25, -0.2) is 4.79 Å². The standard InChI is InChI=1S/C21H35N2O6P/c1-21(2,3)15-19(23-18(24)13-12-16-9-5-4-6-10-16)30(27,28)29-17(20(25)26)11-7-8-14-22/h4-6,9-10,17,19H,7-8,11-15,22H2,1-3H3,(H,23,24)(H,25,26)(H,27,28)/t17?,19-/m0/s1. The molecule has 1 rings (SSSR count). The van der Waals surface area contributed by atoms with Crippen LogP contribution in [0.3, 0.4) is 0 Å². The van der Waals surface area contributed by atoms with Crippen LogP contribution in [-0.2, 0) is 25.1 Å². The van der Waals surface area contributed by atoms with E-state index in [0.29, 0.717) is 25.8 Å². The average molecular weight is 442 g/mol. The zero-order chi connectivity index (χ0) is 22.8. The lowest BCUT2D eigenvalue weighted by Crippen LogP contribution is -2.39. The largest absolute Gasteiger partial charge is 0.479 e. The topological polar surface area (TPSA) is 139 Å². The fourth-order valence-corrected chi connectivity index (χ4v) is 4.73. The number of rotatable bonds is 13. The molecule has 1 aromatic carbocycles. The number of amides is 1. The Hall–Kier alpha value is -1.73. The van der Waals surface area contributed by atoms with Gasteiger partial charge in [-0.1, -0.05) is 51.1 Å². The van der Waals surface area contributed by atoms with Crippen LogP contribution >= 0.6 is 7.60 Å². The molecule has 0 spiro atoms. The first-order valence-corrected chi connectivity index (χ1v) is 11.9. The van der Waals surface area contributed by atoms with Crippen molar-refractivity contribution in [2.75, 3.05) is 6.54 Å². The number of hydrogen-bond acceptors (Lipinski definition) is 5. The molecule has 0 aliphatic heterocycles. The van der Waals surface area contributed by atoms with Crippen LogP contribution in [0, 0.1) is 5.41 Å². The molecule has 0 saturated carbocycles. The van der Waals surface area contributed by atoms with Crippen LogP contribution in [0.1, 0.15) is 58.4 Å². The van der Waals surface area contributed by atoms with Crippen molar-refractivity contribution in [2.24, 2.45) is 11.1 Å². The van der Waals surface area contributed by atoms with Crippen LogP contribution in [0.5, 0.6) is 0 Å². The Morgan fingerprint density at radius 1 is 1.20 bits per heavy atom. The molecule has 0 fully saturated rings. The molecule has 0 saturated heterocycles. The number of benzene rings is 1. The van der Waals surface area contributed by atoms with Gasteiger partial charge in [0.15, 0.2) is 6.10 Å². The smallest absolute Gasteiger partial charge is 0.351 e. The second kappa shape index (κ2) is 12.2. The van der Waals surface area contributed by atoms with Crippen LogP contribution < -0.4 is 11.1 Å². The van der Waals surface area contributed by atoms with E-state index in [2.05, 4.69) is 5.32 Å². The number of unbranched alkanes of at least 4 members (excludes halogenated alkanes) is 1. The van der Waals surface area contributed by atoms with Crippen LogP contribution in [0.4, 0.5) is 0 Å². The molecule has 0 aliphatic carbocycles. The third-order valence-electron chi connectivity index (χ3n) is 4.48. The quantitative estimate of drug-likeness (QED) is 0.271. The summed E-state index contributed by atoms with van der Waals surface area (Å²) in [6, 6.07) is 9.44. The van der Waals surface area contributed by atoms with E-state index in [-0.39, 0.29) is 25.2 Å². The first kappa shape index (κ1) is 26.3. The molecule has 3 atom stereocenters. The lowest BCUT2D eigenvalue weighted by atomic mass is 9.92. The number of carbonyl (C=O) groups excluding carboxylic acids is 1. The number of carboxylic acid groups (broad SMARTS) is 1. The Labute approximate surface area is 178 Å². The van der Waals surface area contributed by atoms with Gasteiger partial charge in [-0.2, -0.15) is 0 Å². The predicted molar refractivity (Wildman–Crippen MR) is 116 cm³/mol. The summed E-state index contributed by atoms with van der Waals surface area (Å²) in [5.74, 6) is -2.90. The van der Waals surface area contributed by atoms with E-state index in [1.807, 2.05) is 51.1 Å². The number of nitrogens with one attached hydrogen (secondary N) is 1. The maximum absolute atomic E-state index is 13.0. The highest BCUT2D eigenvalue weighted by Crippen LogP contribution is 2.51. The molecule has 0 aromatic heterocycles. The summed E-state index contributed by atoms with van der Waals surface area (Å²) in [5.41, 5.74) is 6.01. The fourth-order valence-electron chi connectivity index (χ4n) is 2.94. The molecule has 9 heteroatoms. The average Bonchev–Trinajstić information content (AvgIpc) is 2.65. The first-order chi connectivity index (χ1) is 13.9. The highest BCUT2D eigenvalue weighted by Gasteiger charge is 2.40. The molecular formula is C21H35N2O6P. The van der Waals surface area contributed by atoms with E-state index < -0.39 is 30.9 Å². The Morgan fingerprint density at radius 2 is 1.83 bits per heavy atom. The Bertz CT molecular complexity index is 720. The van der Waals surface area contributed by atoms with Crippen molar-refractivity contribution in [1.82, 2.24) is 5.32 Å². The van der Waals surface area contributed by atoms with E-state index in [1.165, 1.54) is 0 Å². The minimum Gasteiger partial charge on any atom is -0.479 e. The molecule has 30 heavy (non-hydrogen) atoms. The van der Waals surface area contributed by atoms with E-state index in [9.17, 15) is 24.2 Å². The molecule has 2 unspecified atom stereocenters. The number of nitrogens with two attached hydrogens (primary N) is 1. The number of aliphatic carboxylic acids is 1. The van der Waals surface area contributed by atoms with Crippen LogP contribution in [-0.4, -0.2) is 40.3 Å². The van der Waals surface area contributed by atoms with Crippen molar-refractivity contribution in [2.45, 2.75) is 71.2 Å². The van der Waals surface area contributed by atoms with E-state index >= 15 is 0 Å². The van der Waals surface area contributed by atoms with Gasteiger partial charge >= 0.3 is 13.6 Å². The lowest BCUT2D eigenvalue weighted by molar-refractivity contribution is -0.145. The third-order valence-corrected chi connectivity index (χ3v) is 6.14. The minimum absolute atomic E-state index is 0.0707. The van der Waals surface area contributed by atoms with Gasteiger partial charge in [-0.05, 0) is 49.6 Å². The normalized spacial score (nSPS) is 15.8. The van der Waals surface area contributed by atoms with Gasteiger partial charge in [-0.3, -0.25) is 13.9 Å². The number of carbonyl (C=O) groups is 2. The van der Waals surface area contributed by atoms with Gasteiger partial charge in [0.2, 0.25) is 5.91 Å². The SMILES string of the molecule is CC(C)(C)C[C@@H](NC(=O)CCc1ccccc1)P(=O)(O)OC(CCCCN)C(=O)O. The summed E-state index contributed by atoms with van der Waals surface area (Å²) in [4.78, 5) is 34.5. The van der Waals surface area contributed by atoms with Crippen molar-refractivity contribution in [3.05, 3.63) is 35.9 Å². The second-order valence-electron chi connectivity index (χ2n) is 8.61.